The van der Waals surface area contributed by atoms with Crippen molar-refractivity contribution in [3.8, 4) is 33.6 Å². The van der Waals surface area contributed by atoms with Crippen LogP contribution < -0.4 is 0 Å². The lowest BCUT2D eigenvalue weighted by molar-refractivity contribution is 0.669. The zero-order valence-corrected chi connectivity index (χ0v) is 29.8. The smallest absolute Gasteiger partial charge is 0.135 e. The molecule has 0 amide bonds. The van der Waals surface area contributed by atoms with E-state index in [4.69, 9.17) is 4.42 Å². The summed E-state index contributed by atoms with van der Waals surface area (Å²) in [5, 5.41) is 11.0. The van der Waals surface area contributed by atoms with E-state index in [2.05, 4.69) is 191 Å². The Morgan fingerprint density at radius 2 is 0.964 bits per heavy atom. The van der Waals surface area contributed by atoms with Crippen LogP contribution in [0, 0.1) is 0 Å². The van der Waals surface area contributed by atoms with Gasteiger partial charge in [0, 0.05) is 44.5 Å². The van der Waals surface area contributed by atoms with Crippen LogP contribution in [-0.2, 0) is 0 Å². The fourth-order valence-corrected chi connectivity index (χ4v) is 8.96. The van der Waals surface area contributed by atoms with Gasteiger partial charge in [-0.15, -0.1) is 0 Å². The second-order valence-electron chi connectivity index (χ2n) is 14.5. The Morgan fingerprint density at radius 3 is 1.80 bits per heavy atom. The highest BCUT2D eigenvalue weighted by Crippen LogP contribution is 2.44. The molecule has 12 rings (SSSR count). The number of para-hydroxylation sites is 1. The van der Waals surface area contributed by atoms with Gasteiger partial charge in [0.1, 0.15) is 11.2 Å². The van der Waals surface area contributed by atoms with Crippen molar-refractivity contribution in [3.63, 3.8) is 0 Å². The molecule has 0 aliphatic carbocycles. The van der Waals surface area contributed by atoms with Crippen LogP contribution in [0.3, 0.4) is 0 Å². The van der Waals surface area contributed by atoms with Crippen LogP contribution in [0.15, 0.2) is 199 Å². The highest BCUT2D eigenvalue weighted by molar-refractivity contribution is 6.32. The summed E-state index contributed by atoms with van der Waals surface area (Å²) in [5.74, 6) is 0. The van der Waals surface area contributed by atoms with Gasteiger partial charge in [-0.25, -0.2) is 0 Å². The quantitative estimate of drug-likeness (QED) is 0.168. The molecule has 0 saturated heterocycles. The number of hydrogen-bond acceptors (Lipinski definition) is 1. The molecule has 3 heterocycles. The lowest BCUT2D eigenvalue weighted by Gasteiger charge is -2.12. The van der Waals surface area contributed by atoms with Gasteiger partial charge in [-0.3, -0.25) is 0 Å². The highest BCUT2D eigenvalue weighted by Gasteiger charge is 2.20. The van der Waals surface area contributed by atoms with Gasteiger partial charge < -0.3 is 13.6 Å². The van der Waals surface area contributed by atoms with E-state index in [1.54, 1.807) is 0 Å². The molecule has 0 fully saturated rings. The largest absolute Gasteiger partial charge is 0.456 e. The number of hydrogen-bond donors (Lipinski definition) is 0. The van der Waals surface area contributed by atoms with Gasteiger partial charge in [-0.05, 0) is 104 Å². The number of benzene rings is 9. The van der Waals surface area contributed by atoms with Gasteiger partial charge in [0.2, 0.25) is 0 Å². The predicted octanol–water partition coefficient (Wildman–Crippen LogP) is 14.3. The van der Waals surface area contributed by atoms with E-state index >= 15 is 0 Å². The molecule has 0 radical (unpaired) electrons. The van der Waals surface area contributed by atoms with Crippen LogP contribution in [0.2, 0.25) is 0 Å². The first kappa shape index (κ1) is 30.1. The summed E-state index contributed by atoms with van der Waals surface area (Å²) < 4.78 is 11.0. The molecule has 55 heavy (non-hydrogen) atoms. The topological polar surface area (TPSA) is 23.0 Å². The van der Waals surface area contributed by atoms with Crippen molar-refractivity contribution in [1.82, 2.24) is 9.13 Å². The maximum absolute atomic E-state index is 6.27. The summed E-state index contributed by atoms with van der Waals surface area (Å²) in [6.07, 6.45) is 2.18. The molecular weight excluding hydrogens is 669 g/mol. The molecule has 0 atom stereocenters. The fraction of sp³-hybridized carbons (Fsp3) is 0. The highest BCUT2D eigenvalue weighted by atomic mass is 16.3. The molecule has 0 aliphatic heterocycles. The van der Waals surface area contributed by atoms with Crippen LogP contribution in [0.1, 0.15) is 0 Å². The molecule has 9 aromatic carbocycles. The molecule has 0 spiro atoms. The van der Waals surface area contributed by atoms with E-state index in [9.17, 15) is 0 Å². The maximum atomic E-state index is 6.27. The number of rotatable bonds is 4. The summed E-state index contributed by atoms with van der Waals surface area (Å²) in [7, 11) is 0. The third kappa shape index (κ3) is 4.50. The van der Waals surface area contributed by atoms with Gasteiger partial charge in [0.15, 0.2) is 0 Å². The minimum absolute atomic E-state index is 0.899. The summed E-state index contributed by atoms with van der Waals surface area (Å²) in [6.45, 7) is 0. The molecule has 0 saturated carbocycles. The fourth-order valence-electron chi connectivity index (χ4n) is 8.96. The molecule has 0 unspecified atom stereocenters. The lowest BCUT2D eigenvalue weighted by Crippen LogP contribution is -1.95. The monoisotopic (exact) mass is 700 g/mol. The Balaban J connectivity index is 1.09. The molecule has 3 aromatic heterocycles. The minimum atomic E-state index is 0.899. The molecule has 12 aromatic rings. The third-order valence-corrected chi connectivity index (χ3v) is 11.5. The first-order valence-corrected chi connectivity index (χ1v) is 18.8. The van der Waals surface area contributed by atoms with Crippen LogP contribution in [0.5, 0.6) is 0 Å². The van der Waals surface area contributed by atoms with E-state index in [1.807, 2.05) is 12.1 Å². The van der Waals surface area contributed by atoms with E-state index in [0.29, 0.717) is 0 Å². The van der Waals surface area contributed by atoms with Crippen LogP contribution >= 0.6 is 0 Å². The van der Waals surface area contributed by atoms with E-state index < -0.39 is 0 Å². The van der Waals surface area contributed by atoms with Gasteiger partial charge >= 0.3 is 0 Å². The molecule has 256 valence electrons. The second-order valence-corrected chi connectivity index (χ2v) is 14.5. The first-order chi connectivity index (χ1) is 27.3. The van der Waals surface area contributed by atoms with Gasteiger partial charge in [-0.2, -0.15) is 0 Å². The Morgan fingerprint density at radius 1 is 0.345 bits per heavy atom. The van der Waals surface area contributed by atoms with Crippen molar-refractivity contribution in [2.75, 3.05) is 0 Å². The molecule has 0 bridgehead atoms. The summed E-state index contributed by atoms with van der Waals surface area (Å²) in [5.41, 5.74) is 12.5. The minimum Gasteiger partial charge on any atom is -0.456 e. The zero-order chi connectivity index (χ0) is 36.0. The molecule has 3 heteroatoms. The summed E-state index contributed by atoms with van der Waals surface area (Å²) >= 11 is 0. The SMILES string of the molecule is c1ccc(-c2ccc(-n3ccc4ccc(-c5ccc6c(c5)c5c7ccccc7c7ccccc7c5n6-c5ccc6oc7ccccc7c6c5)cc43)cc2)cc1. The Hall–Kier alpha value is -7.36. The van der Waals surface area contributed by atoms with Crippen molar-refractivity contribution < 1.29 is 4.42 Å². The normalized spacial score (nSPS) is 12.0. The Bertz CT molecular complexity index is 3470. The Kier molecular flexibility index (Phi) is 6.34. The number of furan rings is 1. The second kappa shape index (κ2) is 11.6. The van der Waals surface area contributed by atoms with Crippen LogP contribution in [-0.4, -0.2) is 9.13 Å². The molecular formula is C52H32N2O. The first-order valence-electron chi connectivity index (χ1n) is 18.8. The number of fused-ring (bicyclic) bond motifs is 12. The van der Waals surface area contributed by atoms with Crippen molar-refractivity contribution in [2.24, 2.45) is 0 Å². The maximum Gasteiger partial charge on any atom is 0.135 e. The number of nitrogens with zero attached hydrogens (tertiary/aromatic N) is 2. The van der Waals surface area contributed by atoms with E-state index in [1.165, 1.54) is 76.5 Å². The van der Waals surface area contributed by atoms with E-state index in [-0.39, 0.29) is 0 Å². The van der Waals surface area contributed by atoms with E-state index in [0.717, 1.165) is 33.3 Å². The third-order valence-electron chi connectivity index (χ3n) is 11.5. The van der Waals surface area contributed by atoms with Crippen molar-refractivity contribution in [1.29, 1.82) is 0 Å². The van der Waals surface area contributed by atoms with Gasteiger partial charge in [-0.1, -0.05) is 127 Å². The number of aromatic nitrogens is 2. The molecule has 0 aliphatic rings. The average molecular weight is 701 g/mol. The summed E-state index contributed by atoms with van der Waals surface area (Å²) in [4.78, 5) is 0. The molecule has 0 N–H and O–H groups in total. The average Bonchev–Trinajstić information content (AvgIpc) is 3.95. The van der Waals surface area contributed by atoms with Crippen molar-refractivity contribution in [3.05, 3.63) is 194 Å². The zero-order valence-electron chi connectivity index (χ0n) is 29.8. The van der Waals surface area contributed by atoms with Gasteiger partial charge in [0.05, 0.1) is 16.6 Å². The van der Waals surface area contributed by atoms with Crippen LogP contribution in [0.25, 0.3) is 110 Å². The summed E-state index contributed by atoms with van der Waals surface area (Å²) in [6, 6.07) is 68.2. The van der Waals surface area contributed by atoms with Gasteiger partial charge in [0.25, 0.3) is 0 Å². The lowest BCUT2D eigenvalue weighted by atomic mass is 9.95. The van der Waals surface area contributed by atoms with Crippen LogP contribution in [0.4, 0.5) is 0 Å². The predicted molar refractivity (Wildman–Crippen MR) is 231 cm³/mol. The van der Waals surface area contributed by atoms with Crippen molar-refractivity contribution >= 4 is 76.2 Å². The standard InChI is InChI=1S/C52H32N2O/c1-2-10-33(11-3-1)34-20-23-38(24-21-34)53-29-28-35-18-19-37(31-48(35)53)36-22-26-47-46(30-36)51-43-15-6-4-12-40(43)41-13-5-7-16-44(41)52(51)54(47)39-25-27-50-45(32-39)42-14-8-9-17-49(42)55-50/h1-32H. The molecule has 3 nitrogen and oxygen atoms in total. The van der Waals surface area contributed by atoms with Crippen molar-refractivity contribution in [2.45, 2.75) is 0 Å². The Labute approximate surface area is 316 Å².